The molecule has 1 aliphatic heterocycles. The molecule has 1 unspecified atom stereocenters. The summed E-state index contributed by atoms with van der Waals surface area (Å²) in [4.78, 5) is 15.3. The van der Waals surface area contributed by atoms with Gasteiger partial charge in [-0.2, -0.15) is 4.31 Å². The quantitative estimate of drug-likeness (QED) is 0.694. The molecule has 1 amide bonds. The van der Waals surface area contributed by atoms with E-state index in [0.717, 1.165) is 22.9 Å². The molecule has 8 heteroatoms. The maximum atomic E-state index is 12.9. The van der Waals surface area contributed by atoms with Crippen molar-refractivity contribution in [1.82, 2.24) is 14.5 Å². The number of amides is 1. The monoisotopic (exact) mass is 477 g/mol. The summed E-state index contributed by atoms with van der Waals surface area (Å²) in [5.74, 6) is 0.00270. The van der Waals surface area contributed by atoms with E-state index >= 15 is 0 Å². The minimum Gasteiger partial charge on any atom is -0.352 e. The highest BCUT2D eigenvalue weighted by Crippen LogP contribution is 2.27. The molecule has 0 bridgehead atoms. The molecule has 1 saturated heterocycles. The highest BCUT2D eigenvalue weighted by atomic mass is 79.9. The summed E-state index contributed by atoms with van der Waals surface area (Å²) < 4.78 is 28.2. The molecule has 2 aromatic carbocycles. The Balaban J connectivity index is 1.48. The van der Waals surface area contributed by atoms with Crippen LogP contribution in [0.25, 0.3) is 0 Å². The zero-order valence-electron chi connectivity index (χ0n) is 16.0. The first kappa shape index (κ1) is 20.5. The highest BCUT2D eigenvalue weighted by molar-refractivity contribution is 9.10. The minimum absolute atomic E-state index is 0.00270. The molecule has 6 nitrogen and oxygen atoms in total. The number of nitrogens with one attached hydrogen (secondary N) is 1. The van der Waals surface area contributed by atoms with Gasteiger partial charge >= 0.3 is 0 Å². The molecule has 29 heavy (non-hydrogen) atoms. The van der Waals surface area contributed by atoms with Crippen LogP contribution in [0.3, 0.4) is 0 Å². The Bertz CT molecular complexity index is 954. The normalized spacial score (nSPS) is 19.6. The van der Waals surface area contributed by atoms with Crippen LogP contribution in [0.4, 0.5) is 0 Å². The highest BCUT2D eigenvalue weighted by Gasteiger charge is 2.36. The third-order valence-electron chi connectivity index (χ3n) is 5.38. The second-order valence-corrected chi connectivity index (χ2v) is 10.3. The maximum absolute atomic E-state index is 12.9. The first-order valence-electron chi connectivity index (χ1n) is 9.80. The largest absolute Gasteiger partial charge is 0.352 e. The fourth-order valence-corrected chi connectivity index (χ4v) is 5.32. The van der Waals surface area contributed by atoms with E-state index in [9.17, 15) is 13.2 Å². The number of piperazine rings is 1. The Morgan fingerprint density at radius 1 is 0.966 bits per heavy atom. The van der Waals surface area contributed by atoms with Crippen LogP contribution in [0, 0.1) is 0 Å². The Labute approximate surface area is 180 Å². The van der Waals surface area contributed by atoms with Crippen LogP contribution >= 0.6 is 15.9 Å². The van der Waals surface area contributed by atoms with Crippen molar-refractivity contribution in [3.05, 3.63) is 64.6 Å². The molecular weight excluding hydrogens is 454 g/mol. The number of carbonyl (C=O) groups excluding carboxylic acids is 1. The number of rotatable bonds is 6. The number of halogens is 1. The lowest BCUT2D eigenvalue weighted by Gasteiger charge is -2.38. The molecule has 0 spiro atoms. The molecular formula is C21H24BrN3O3S. The van der Waals surface area contributed by atoms with Crippen molar-refractivity contribution in [2.45, 2.75) is 29.8 Å². The average molecular weight is 478 g/mol. The fourth-order valence-electron chi connectivity index (χ4n) is 3.63. The third-order valence-corrected chi connectivity index (χ3v) is 7.82. The number of hydrogen-bond acceptors (Lipinski definition) is 4. The van der Waals surface area contributed by atoms with Gasteiger partial charge in [-0.15, -0.1) is 0 Å². The van der Waals surface area contributed by atoms with Crippen LogP contribution in [0.15, 0.2) is 64.0 Å². The molecule has 0 radical (unpaired) electrons. The Hall–Kier alpha value is -1.74. The van der Waals surface area contributed by atoms with Gasteiger partial charge < -0.3 is 5.32 Å². The van der Waals surface area contributed by atoms with Crippen molar-refractivity contribution in [3.8, 4) is 0 Å². The molecule has 1 heterocycles. The number of hydrogen-bond donors (Lipinski definition) is 1. The molecule has 2 fully saturated rings. The Morgan fingerprint density at radius 3 is 2.17 bits per heavy atom. The molecule has 2 aromatic rings. The van der Waals surface area contributed by atoms with E-state index in [1.807, 2.05) is 30.3 Å². The minimum atomic E-state index is -3.54. The van der Waals surface area contributed by atoms with E-state index in [4.69, 9.17) is 0 Å². The van der Waals surface area contributed by atoms with Crippen LogP contribution in [-0.4, -0.2) is 55.8 Å². The van der Waals surface area contributed by atoms with Gasteiger partial charge in [0, 0.05) is 36.7 Å². The number of carbonyl (C=O) groups is 1. The van der Waals surface area contributed by atoms with Crippen LogP contribution in [0.1, 0.15) is 24.4 Å². The average Bonchev–Trinajstić information content (AvgIpc) is 3.54. The molecule has 2 aliphatic rings. The molecule has 154 valence electrons. The number of sulfonamides is 1. The standard InChI is InChI=1S/C21H24BrN3O3S/c22-17-6-10-19(11-7-17)29(27,28)25-14-12-24(13-15-25)20(16-4-2-1-3-5-16)21(26)23-18-8-9-18/h1-7,10-11,18,20H,8-9,12-15H2,(H,23,26). The second-order valence-electron chi connectivity index (χ2n) is 7.49. The lowest BCUT2D eigenvalue weighted by Crippen LogP contribution is -2.52. The van der Waals surface area contributed by atoms with Crippen molar-refractivity contribution in [2.75, 3.05) is 26.2 Å². The molecule has 1 atom stereocenters. The van der Waals surface area contributed by atoms with Gasteiger partial charge in [0.2, 0.25) is 15.9 Å². The topological polar surface area (TPSA) is 69.7 Å². The first-order chi connectivity index (χ1) is 13.9. The van der Waals surface area contributed by atoms with Crippen LogP contribution in [0.5, 0.6) is 0 Å². The van der Waals surface area contributed by atoms with Gasteiger partial charge in [-0.3, -0.25) is 9.69 Å². The van der Waals surface area contributed by atoms with Crippen LogP contribution < -0.4 is 5.32 Å². The Morgan fingerprint density at radius 2 is 1.59 bits per heavy atom. The number of nitrogens with zero attached hydrogens (tertiary/aromatic N) is 2. The zero-order valence-corrected chi connectivity index (χ0v) is 18.4. The van der Waals surface area contributed by atoms with Gasteiger partial charge in [-0.1, -0.05) is 46.3 Å². The first-order valence-corrected chi connectivity index (χ1v) is 12.0. The van der Waals surface area contributed by atoms with E-state index in [-0.39, 0.29) is 11.9 Å². The summed E-state index contributed by atoms with van der Waals surface area (Å²) in [5.41, 5.74) is 0.940. The van der Waals surface area contributed by atoms with Gasteiger partial charge in [0.05, 0.1) is 4.90 Å². The van der Waals surface area contributed by atoms with E-state index in [1.165, 1.54) is 4.31 Å². The van der Waals surface area contributed by atoms with Crippen molar-refractivity contribution in [2.24, 2.45) is 0 Å². The van der Waals surface area contributed by atoms with E-state index < -0.39 is 16.1 Å². The van der Waals surface area contributed by atoms with E-state index in [0.29, 0.717) is 31.1 Å². The molecule has 1 aliphatic carbocycles. The van der Waals surface area contributed by atoms with E-state index in [2.05, 4.69) is 26.1 Å². The zero-order chi connectivity index (χ0) is 20.4. The predicted octanol–water partition coefficient (Wildman–Crippen LogP) is 2.78. The van der Waals surface area contributed by atoms with Gasteiger partial charge in [-0.25, -0.2) is 8.42 Å². The van der Waals surface area contributed by atoms with Crippen molar-refractivity contribution in [1.29, 1.82) is 0 Å². The van der Waals surface area contributed by atoms with E-state index in [1.54, 1.807) is 24.3 Å². The van der Waals surface area contributed by atoms with Crippen LogP contribution in [-0.2, 0) is 14.8 Å². The van der Waals surface area contributed by atoms with Crippen molar-refractivity contribution >= 4 is 31.9 Å². The lowest BCUT2D eigenvalue weighted by molar-refractivity contribution is -0.127. The second kappa shape index (κ2) is 8.55. The van der Waals surface area contributed by atoms with Gasteiger partial charge in [0.1, 0.15) is 6.04 Å². The molecule has 0 aromatic heterocycles. The third kappa shape index (κ3) is 4.71. The summed E-state index contributed by atoms with van der Waals surface area (Å²) in [6.07, 6.45) is 2.07. The summed E-state index contributed by atoms with van der Waals surface area (Å²) in [6.45, 7) is 1.73. The van der Waals surface area contributed by atoms with Gasteiger partial charge in [0.25, 0.3) is 0 Å². The maximum Gasteiger partial charge on any atom is 0.243 e. The SMILES string of the molecule is O=C(NC1CC1)C(c1ccccc1)N1CCN(S(=O)(=O)c2ccc(Br)cc2)CC1. The summed E-state index contributed by atoms with van der Waals surface area (Å²) >= 11 is 3.34. The summed E-state index contributed by atoms with van der Waals surface area (Å²) in [6, 6.07) is 16.3. The van der Waals surface area contributed by atoms with Gasteiger partial charge in [-0.05, 0) is 42.7 Å². The summed E-state index contributed by atoms with van der Waals surface area (Å²) in [7, 11) is -3.54. The van der Waals surface area contributed by atoms with Crippen molar-refractivity contribution < 1.29 is 13.2 Å². The summed E-state index contributed by atoms with van der Waals surface area (Å²) in [5, 5.41) is 3.11. The van der Waals surface area contributed by atoms with Crippen LogP contribution in [0.2, 0.25) is 0 Å². The molecule has 4 rings (SSSR count). The smallest absolute Gasteiger partial charge is 0.243 e. The molecule has 1 saturated carbocycles. The van der Waals surface area contributed by atoms with Crippen molar-refractivity contribution in [3.63, 3.8) is 0 Å². The molecule has 1 N–H and O–H groups in total. The fraction of sp³-hybridized carbons (Fsp3) is 0.381. The van der Waals surface area contributed by atoms with Gasteiger partial charge in [0.15, 0.2) is 0 Å². The lowest BCUT2D eigenvalue weighted by atomic mass is 10.0. The number of benzene rings is 2. The Kier molecular flexibility index (Phi) is 6.06. The predicted molar refractivity (Wildman–Crippen MR) is 115 cm³/mol.